The van der Waals surface area contributed by atoms with Gasteiger partial charge in [-0.05, 0) is 36.0 Å². The molecule has 4 heteroatoms. The zero-order valence-corrected chi connectivity index (χ0v) is 10.9. The average Bonchev–Trinajstić information content (AvgIpc) is 2.17. The van der Waals surface area contributed by atoms with Gasteiger partial charge < -0.3 is 0 Å². The standard InChI is InChI=1S/C12H20ClN3/c1-12(2,3)6-4-10(16-14)9-5-7-15-11(13)8-9/h5,7-8,10,16H,4,6,14H2,1-3H3. The molecule has 3 N–H and O–H groups in total. The highest BCUT2D eigenvalue weighted by atomic mass is 35.5. The average molecular weight is 242 g/mol. The molecule has 0 aliphatic heterocycles. The predicted octanol–water partition coefficient (Wildman–Crippen LogP) is 3.07. The van der Waals surface area contributed by atoms with Crippen molar-refractivity contribution in [1.82, 2.24) is 10.4 Å². The van der Waals surface area contributed by atoms with E-state index in [0.29, 0.717) is 10.6 Å². The molecule has 1 heterocycles. The molecule has 0 amide bonds. The maximum absolute atomic E-state index is 5.86. The summed E-state index contributed by atoms with van der Waals surface area (Å²) in [6.07, 6.45) is 3.79. The van der Waals surface area contributed by atoms with Crippen molar-refractivity contribution in [2.45, 2.75) is 39.7 Å². The zero-order valence-electron chi connectivity index (χ0n) is 10.1. The highest BCUT2D eigenvalue weighted by Crippen LogP contribution is 2.27. The van der Waals surface area contributed by atoms with Gasteiger partial charge in [0.25, 0.3) is 0 Å². The minimum absolute atomic E-state index is 0.139. The second-order valence-electron chi connectivity index (χ2n) is 5.23. The molecule has 16 heavy (non-hydrogen) atoms. The van der Waals surface area contributed by atoms with Crippen LogP contribution in [0.25, 0.3) is 0 Å². The molecule has 3 nitrogen and oxygen atoms in total. The van der Waals surface area contributed by atoms with Crippen LogP contribution in [-0.2, 0) is 0 Å². The highest BCUT2D eigenvalue weighted by molar-refractivity contribution is 6.29. The summed E-state index contributed by atoms with van der Waals surface area (Å²) in [7, 11) is 0. The van der Waals surface area contributed by atoms with E-state index in [1.54, 1.807) is 6.20 Å². The molecule has 1 unspecified atom stereocenters. The molecule has 0 saturated carbocycles. The molecule has 0 spiro atoms. The van der Waals surface area contributed by atoms with Crippen molar-refractivity contribution in [1.29, 1.82) is 0 Å². The molecule has 0 aromatic carbocycles. The lowest BCUT2D eigenvalue weighted by molar-refractivity contribution is 0.333. The van der Waals surface area contributed by atoms with E-state index in [-0.39, 0.29) is 6.04 Å². The molecular formula is C12H20ClN3. The first-order valence-electron chi connectivity index (χ1n) is 5.50. The molecule has 1 aromatic rings. The molecule has 0 bridgehead atoms. The number of hydrazine groups is 1. The predicted molar refractivity (Wildman–Crippen MR) is 68.0 cm³/mol. The fourth-order valence-electron chi connectivity index (χ4n) is 1.56. The van der Waals surface area contributed by atoms with E-state index in [2.05, 4.69) is 31.2 Å². The number of rotatable bonds is 4. The molecular weight excluding hydrogens is 222 g/mol. The van der Waals surface area contributed by atoms with Crippen LogP contribution in [0.1, 0.15) is 45.2 Å². The van der Waals surface area contributed by atoms with Crippen molar-refractivity contribution < 1.29 is 0 Å². The summed E-state index contributed by atoms with van der Waals surface area (Å²) >= 11 is 5.86. The molecule has 0 fully saturated rings. The topological polar surface area (TPSA) is 50.9 Å². The zero-order chi connectivity index (χ0) is 12.2. The van der Waals surface area contributed by atoms with E-state index >= 15 is 0 Å². The van der Waals surface area contributed by atoms with Gasteiger partial charge in [0.15, 0.2) is 0 Å². The number of aromatic nitrogens is 1. The minimum Gasteiger partial charge on any atom is -0.271 e. The molecule has 0 aliphatic carbocycles. The van der Waals surface area contributed by atoms with Gasteiger partial charge in [0.05, 0.1) is 0 Å². The number of nitrogens with zero attached hydrogens (tertiary/aromatic N) is 1. The maximum atomic E-state index is 5.86. The van der Waals surface area contributed by atoms with Gasteiger partial charge in [-0.15, -0.1) is 0 Å². The summed E-state index contributed by atoms with van der Waals surface area (Å²) in [6, 6.07) is 3.94. The first kappa shape index (κ1) is 13.4. The van der Waals surface area contributed by atoms with Crippen LogP contribution in [0.5, 0.6) is 0 Å². The van der Waals surface area contributed by atoms with Crippen molar-refractivity contribution in [3.8, 4) is 0 Å². The summed E-state index contributed by atoms with van der Waals surface area (Å²) in [5.41, 5.74) is 4.23. The van der Waals surface area contributed by atoms with Gasteiger partial charge in [-0.2, -0.15) is 0 Å². The number of hydrogen-bond donors (Lipinski definition) is 2. The second kappa shape index (κ2) is 5.62. The van der Waals surface area contributed by atoms with Gasteiger partial charge >= 0.3 is 0 Å². The third kappa shape index (κ3) is 4.47. The van der Waals surface area contributed by atoms with E-state index in [9.17, 15) is 0 Å². The van der Waals surface area contributed by atoms with Gasteiger partial charge in [0, 0.05) is 12.2 Å². The summed E-state index contributed by atoms with van der Waals surface area (Å²) in [5, 5.41) is 0.508. The van der Waals surface area contributed by atoms with Crippen molar-refractivity contribution in [3.63, 3.8) is 0 Å². The minimum atomic E-state index is 0.139. The lowest BCUT2D eigenvalue weighted by Crippen LogP contribution is -2.29. The van der Waals surface area contributed by atoms with Crippen molar-refractivity contribution in [2.24, 2.45) is 11.3 Å². The van der Waals surface area contributed by atoms with Crippen molar-refractivity contribution >= 4 is 11.6 Å². The summed E-state index contributed by atoms with van der Waals surface area (Å²) in [4.78, 5) is 3.96. The van der Waals surface area contributed by atoms with Crippen LogP contribution in [0.4, 0.5) is 0 Å². The van der Waals surface area contributed by atoms with E-state index in [1.807, 2.05) is 12.1 Å². The molecule has 0 radical (unpaired) electrons. The summed E-state index contributed by atoms with van der Waals surface area (Å²) in [6.45, 7) is 6.67. The van der Waals surface area contributed by atoms with Crippen LogP contribution in [-0.4, -0.2) is 4.98 Å². The Labute approximate surface area is 102 Å². The number of hydrogen-bond acceptors (Lipinski definition) is 3. The Hall–Kier alpha value is -0.640. The maximum Gasteiger partial charge on any atom is 0.129 e. The normalized spacial score (nSPS) is 13.8. The number of nitrogens with two attached hydrogens (primary N) is 1. The van der Waals surface area contributed by atoms with Crippen LogP contribution in [0.2, 0.25) is 5.15 Å². The molecule has 90 valence electrons. The Bertz CT molecular complexity index is 333. The SMILES string of the molecule is CC(C)(C)CCC(NN)c1ccnc(Cl)c1. The van der Waals surface area contributed by atoms with Gasteiger partial charge in [0.1, 0.15) is 5.15 Å². The summed E-state index contributed by atoms with van der Waals surface area (Å²) in [5.74, 6) is 5.57. The third-order valence-corrected chi connectivity index (χ3v) is 2.74. The Morgan fingerprint density at radius 1 is 1.50 bits per heavy atom. The van der Waals surface area contributed by atoms with Gasteiger partial charge in [-0.3, -0.25) is 11.3 Å². The summed E-state index contributed by atoms with van der Waals surface area (Å²) < 4.78 is 0. The first-order chi connectivity index (χ1) is 7.42. The molecule has 0 aliphatic rings. The quantitative estimate of drug-likeness (QED) is 0.484. The van der Waals surface area contributed by atoms with E-state index < -0.39 is 0 Å². The fourth-order valence-corrected chi connectivity index (χ4v) is 1.74. The monoisotopic (exact) mass is 241 g/mol. The number of halogens is 1. The Morgan fingerprint density at radius 2 is 2.19 bits per heavy atom. The van der Waals surface area contributed by atoms with Crippen LogP contribution in [0.3, 0.4) is 0 Å². The largest absolute Gasteiger partial charge is 0.271 e. The number of nitrogens with one attached hydrogen (secondary N) is 1. The first-order valence-corrected chi connectivity index (χ1v) is 5.88. The molecule has 0 saturated heterocycles. The molecule has 1 atom stereocenters. The lowest BCUT2D eigenvalue weighted by atomic mass is 9.87. The van der Waals surface area contributed by atoms with Gasteiger partial charge in [-0.25, -0.2) is 4.98 Å². The Kier molecular flexibility index (Phi) is 4.71. The Balaban J connectivity index is 2.68. The van der Waals surface area contributed by atoms with E-state index in [4.69, 9.17) is 17.4 Å². The van der Waals surface area contributed by atoms with Crippen molar-refractivity contribution in [3.05, 3.63) is 29.0 Å². The van der Waals surface area contributed by atoms with Crippen LogP contribution in [0, 0.1) is 5.41 Å². The fraction of sp³-hybridized carbons (Fsp3) is 0.583. The van der Waals surface area contributed by atoms with Crippen molar-refractivity contribution in [2.75, 3.05) is 0 Å². The Morgan fingerprint density at radius 3 is 2.69 bits per heavy atom. The smallest absolute Gasteiger partial charge is 0.129 e. The second-order valence-corrected chi connectivity index (χ2v) is 5.62. The lowest BCUT2D eigenvalue weighted by Gasteiger charge is -2.23. The van der Waals surface area contributed by atoms with Gasteiger partial charge in [-0.1, -0.05) is 32.4 Å². The van der Waals surface area contributed by atoms with E-state index in [0.717, 1.165) is 18.4 Å². The van der Waals surface area contributed by atoms with Crippen LogP contribution in [0.15, 0.2) is 18.3 Å². The third-order valence-electron chi connectivity index (χ3n) is 2.54. The van der Waals surface area contributed by atoms with Crippen LogP contribution >= 0.6 is 11.6 Å². The van der Waals surface area contributed by atoms with Gasteiger partial charge in [0.2, 0.25) is 0 Å². The molecule has 1 aromatic heterocycles. The van der Waals surface area contributed by atoms with E-state index in [1.165, 1.54) is 0 Å². The van der Waals surface area contributed by atoms with Crippen LogP contribution < -0.4 is 11.3 Å². The highest BCUT2D eigenvalue weighted by Gasteiger charge is 2.16. The molecule has 1 rings (SSSR count). The number of pyridine rings is 1.